The molecular weight excluding hydrogens is 350 g/mol. The van der Waals surface area contributed by atoms with Crippen LogP contribution in [-0.2, 0) is 6.54 Å². The van der Waals surface area contributed by atoms with Crippen molar-refractivity contribution in [3.8, 4) is 11.5 Å². The molecule has 0 amide bonds. The lowest BCUT2D eigenvalue weighted by Gasteiger charge is -2.11. The molecule has 0 bridgehead atoms. The van der Waals surface area contributed by atoms with Gasteiger partial charge in [-0.25, -0.2) is 9.97 Å². The molecule has 4 aromatic rings. The molecule has 140 valence electrons. The summed E-state index contributed by atoms with van der Waals surface area (Å²) in [6, 6.07) is 8.05. The number of anilines is 1. The molecule has 0 spiro atoms. The van der Waals surface area contributed by atoms with Gasteiger partial charge in [0.2, 0.25) is 5.65 Å². The van der Waals surface area contributed by atoms with Crippen molar-refractivity contribution in [2.45, 2.75) is 13.5 Å². The van der Waals surface area contributed by atoms with Crippen molar-refractivity contribution in [3.05, 3.63) is 73.2 Å². The third kappa shape index (κ3) is 2.87. The predicted octanol–water partition coefficient (Wildman–Crippen LogP) is 3.79. The van der Waals surface area contributed by atoms with Crippen molar-refractivity contribution in [1.82, 2.24) is 29.1 Å². The Morgan fingerprint density at radius 2 is 2.00 bits per heavy atom. The number of benzene rings is 1. The number of imidazole rings is 1. The lowest BCUT2D eigenvalue weighted by atomic mass is 10.2. The van der Waals surface area contributed by atoms with Crippen LogP contribution in [0.3, 0.4) is 0 Å². The Morgan fingerprint density at radius 1 is 1.18 bits per heavy atom. The van der Waals surface area contributed by atoms with Crippen molar-refractivity contribution in [1.29, 1.82) is 0 Å². The summed E-state index contributed by atoms with van der Waals surface area (Å²) in [7, 11) is 1.82. The van der Waals surface area contributed by atoms with E-state index in [2.05, 4.69) is 39.3 Å². The van der Waals surface area contributed by atoms with Crippen molar-refractivity contribution in [2.75, 3.05) is 12.4 Å². The first-order valence-corrected chi connectivity index (χ1v) is 8.96. The van der Waals surface area contributed by atoms with E-state index < -0.39 is 0 Å². The fourth-order valence-electron chi connectivity index (χ4n) is 3.23. The van der Waals surface area contributed by atoms with Crippen molar-refractivity contribution in [2.24, 2.45) is 0 Å². The van der Waals surface area contributed by atoms with Gasteiger partial charge in [-0.15, -0.1) is 10.2 Å². The number of aryl methyl sites for hydroxylation is 1. The highest BCUT2D eigenvalue weighted by molar-refractivity contribution is 5.80. The average molecular weight is 371 g/mol. The van der Waals surface area contributed by atoms with Gasteiger partial charge in [0, 0.05) is 19.8 Å². The van der Waals surface area contributed by atoms with Gasteiger partial charge in [-0.1, -0.05) is 43.5 Å². The molecular formula is C21H21N7. The number of nitrogens with one attached hydrogen (secondary N) is 1. The van der Waals surface area contributed by atoms with Gasteiger partial charge >= 0.3 is 0 Å². The molecule has 3 aromatic heterocycles. The summed E-state index contributed by atoms with van der Waals surface area (Å²) in [5.74, 6) is 2.21. The normalized spacial score (nSPS) is 11.9. The summed E-state index contributed by atoms with van der Waals surface area (Å²) in [6.07, 6.45) is 7.47. The molecule has 0 radical (unpaired) electrons. The zero-order valence-corrected chi connectivity index (χ0v) is 15.9. The van der Waals surface area contributed by atoms with Gasteiger partial charge in [-0.3, -0.25) is 4.40 Å². The van der Waals surface area contributed by atoms with Crippen molar-refractivity contribution >= 4 is 22.5 Å². The predicted molar refractivity (Wildman–Crippen MR) is 112 cm³/mol. The summed E-state index contributed by atoms with van der Waals surface area (Å²) in [5.41, 5.74) is 4.40. The number of para-hydroxylation sites is 2. The minimum Gasteiger partial charge on any atom is -0.370 e. The highest BCUT2D eigenvalue weighted by Gasteiger charge is 2.17. The zero-order valence-electron chi connectivity index (χ0n) is 15.9. The number of hydrogen-bond acceptors (Lipinski definition) is 5. The Hall–Kier alpha value is -3.74. The number of aromatic nitrogens is 6. The summed E-state index contributed by atoms with van der Waals surface area (Å²) >= 11 is 0. The Morgan fingerprint density at radius 3 is 2.75 bits per heavy atom. The molecule has 0 unspecified atom stereocenters. The third-order valence-corrected chi connectivity index (χ3v) is 4.62. The maximum atomic E-state index is 4.86. The molecule has 0 fully saturated rings. The van der Waals surface area contributed by atoms with Crippen LogP contribution < -0.4 is 5.32 Å². The molecule has 7 nitrogen and oxygen atoms in total. The van der Waals surface area contributed by atoms with E-state index in [-0.39, 0.29) is 0 Å². The van der Waals surface area contributed by atoms with Gasteiger partial charge in [0.25, 0.3) is 0 Å². The van der Waals surface area contributed by atoms with E-state index in [4.69, 9.17) is 9.97 Å². The van der Waals surface area contributed by atoms with E-state index in [1.807, 2.05) is 54.9 Å². The maximum absolute atomic E-state index is 4.86. The summed E-state index contributed by atoms with van der Waals surface area (Å²) < 4.78 is 4.06. The Kier molecular flexibility index (Phi) is 4.49. The minimum absolute atomic E-state index is 0.612. The molecule has 28 heavy (non-hydrogen) atoms. The minimum atomic E-state index is 0.612. The van der Waals surface area contributed by atoms with Crippen molar-refractivity contribution in [3.63, 3.8) is 0 Å². The zero-order chi connectivity index (χ0) is 19.7. The lowest BCUT2D eigenvalue weighted by molar-refractivity contribution is 0.828. The number of nitrogens with zero attached hydrogens (tertiary/aromatic N) is 6. The van der Waals surface area contributed by atoms with E-state index in [1.54, 1.807) is 6.08 Å². The molecule has 0 saturated carbocycles. The van der Waals surface area contributed by atoms with Crippen LogP contribution in [-0.4, -0.2) is 36.2 Å². The van der Waals surface area contributed by atoms with Crippen LogP contribution in [0.1, 0.15) is 5.82 Å². The summed E-state index contributed by atoms with van der Waals surface area (Å²) in [5, 5.41) is 11.5. The lowest BCUT2D eigenvalue weighted by Crippen LogP contribution is -2.06. The Balaban J connectivity index is 1.98. The van der Waals surface area contributed by atoms with Gasteiger partial charge in [0.15, 0.2) is 11.6 Å². The Labute approximate surface area is 162 Å². The number of rotatable bonds is 6. The van der Waals surface area contributed by atoms with Gasteiger partial charge in [0.1, 0.15) is 11.5 Å². The molecule has 1 aromatic carbocycles. The van der Waals surface area contributed by atoms with Gasteiger partial charge in [-0.2, -0.15) is 0 Å². The second-order valence-electron chi connectivity index (χ2n) is 6.36. The third-order valence-electron chi connectivity index (χ3n) is 4.62. The number of hydrogen-bond donors (Lipinski definition) is 1. The fourth-order valence-corrected chi connectivity index (χ4v) is 3.23. The van der Waals surface area contributed by atoms with Crippen LogP contribution in [0.2, 0.25) is 0 Å². The van der Waals surface area contributed by atoms with E-state index in [0.717, 1.165) is 33.9 Å². The van der Waals surface area contributed by atoms with Crippen LogP contribution in [0.25, 0.3) is 28.2 Å². The first kappa shape index (κ1) is 17.7. The quantitative estimate of drug-likeness (QED) is 0.522. The number of fused-ring (bicyclic) bond motifs is 2. The highest BCUT2D eigenvalue weighted by Crippen LogP contribution is 2.27. The van der Waals surface area contributed by atoms with E-state index >= 15 is 0 Å². The molecule has 1 N–H and O–H groups in total. The average Bonchev–Trinajstić information content (AvgIpc) is 3.28. The van der Waals surface area contributed by atoms with Crippen LogP contribution in [0.4, 0.5) is 5.82 Å². The van der Waals surface area contributed by atoms with Crippen LogP contribution >= 0.6 is 0 Å². The standard InChI is InChI=1S/C21H21N7/c1-5-9-15(6-2)12-28-18-11-8-7-10-16(18)24-20(28)17-13-27-14(3)25-26-21(27)19(22-4)23-17/h5-11,13H,1-2,12H2,3-4H3,(H,22,23)/b15-9+. The molecule has 0 aliphatic carbocycles. The van der Waals surface area contributed by atoms with Crippen molar-refractivity contribution < 1.29 is 0 Å². The molecule has 3 heterocycles. The first-order valence-electron chi connectivity index (χ1n) is 8.96. The summed E-state index contributed by atoms with van der Waals surface area (Å²) in [6.45, 7) is 10.2. The van der Waals surface area contributed by atoms with E-state index in [1.165, 1.54) is 0 Å². The largest absolute Gasteiger partial charge is 0.370 e. The fraction of sp³-hybridized carbons (Fsp3) is 0.143. The smallest absolute Gasteiger partial charge is 0.203 e. The molecule has 0 aliphatic rings. The molecule has 4 rings (SSSR count). The van der Waals surface area contributed by atoms with Gasteiger partial charge in [-0.05, 0) is 24.6 Å². The highest BCUT2D eigenvalue weighted by atomic mass is 15.3. The number of allylic oxidation sites excluding steroid dienone is 4. The van der Waals surface area contributed by atoms with E-state index in [9.17, 15) is 0 Å². The van der Waals surface area contributed by atoms with Crippen LogP contribution in [0, 0.1) is 6.92 Å². The molecule has 7 heteroatoms. The van der Waals surface area contributed by atoms with Crippen LogP contribution in [0.5, 0.6) is 0 Å². The molecule has 0 saturated heterocycles. The summed E-state index contributed by atoms with van der Waals surface area (Å²) in [4.78, 5) is 9.61. The van der Waals surface area contributed by atoms with Gasteiger partial charge in [0.05, 0.1) is 11.0 Å². The topological polar surface area (TPSA) is 72.9 Å². The van der Waals surface area contributed by atoms with E-state index in [0.29, 0.717) is 18.0 Å². The van der Waals surface area contributed by atoms with Gasteiger partial charge < -0.3 is 9.88 Å². The monoisotopic (exact) mass is 371 g/mol. The molecule has 0 atom stereocenters. The first-order chi connectivity index (χ1) is 13.7. The Bertz CT molecular complexity index is 1230. The maximum Gasteiger partial charge on any atom is 0.203 e. The SMILES string of the molecule is C=C/C=C(\C=C)Cn1c(-c2cn3c(C)nnc3c(NC)n2)nc2ccccc21. The van der Waals surface area contributed by atoms with Crippen LogP contribution in [0.15, 0.2) is 67.4 Å². The second kappa shape index (κ2) is 7.11. The second-order valence-corrected chi connectivity index (χ2v) is 6.36. The molecule has 0 aliphatic heterocycles.